The van der Waals surface area contributed by atoms with Gasteiger partial charge in [0.05, 0.1) is 12.6 Å². The Bertz CT molecular complexity index is 462. The van der Waals surface area contributed by atoms with Gasteiger partial charge in [-0.25, -0.2) is 0 Å². The fourth-order valence-electron chi connectivity index (χ4n) is 2.30. The van der Waals surface area contributed by atoms with Crippen LogP contribution in [0, 0.1) is 0 Å². The molecule has 0 saturated carbocycles. The average Bonchev–Trinajstić information content (AvgIpc) is 2.84. The largest absolute Gasteiger partial charge is 0.415 e. The highest BCUT2D eigenvalue weighted by atomic mass is 28.4. The molecule has 0 radical (unpaired) electrons. The lowest BCUT2D eigenvalue weighted by Crippen LogP contribution is -2.42. The summed E-state index contributed by atoms with van der Waals surface area (Å²) in [5.74, 6) is 0.487. The number of hydrogen-bond acceptors (Lipinski definition) is 2. The van der Waals surface area contributed by atoms with Crippen molar-refractivity contribution in [2.45, 2.75) is 57.3 Å². The molecule has 0 spiro atoms. The van der Waals surface area contributed by atoms with Crippen LogP contribution >= 0.6 is 0 Å². The van der Waals surface area contributed by atoms with Crippen LogP contribution in [0.2, 0.25) is 18.1 Å². The van der Waals surface area contributed by atoms with Gasteiger partial charge in [0.1, 0.15) is 0 Å². The van der Waals surface area contributed by atoms with Gasteiger partial charge in [-0.05, 0) is 36.3 Å². The predicted molar refractivity (Wildman–Crippen MR) is 89.2 cm³/mol. The van der Waals surface area contributed by atoms with E-state index in [0.29, 0.717) is 5.92 Å². The summed E-state index contributed by atoms with van der Waals surface area (Å²) < 4.78 is 6.35. The summed E-state index contributed by atoms with van der Waals surface area (Å²) in [4.78, 5) is 4.65. The fourth-order valence-corrected chi connectivity index (χ4v) is 3.32. The minimum absolute atomic E-state index is 0.261. The molecule has 1 aromatic rings. The summed E-state index contributed by atoms with van der Waals surface area (Å²) in [6, 6.07) is 11.0. The Labute approximate surface area is 124 Å². The first kappa shape index (κ1) is 15.5. The molecular formula is C17H27NOSi. The van der Waals surface area contributed by atoms with E-state index in [1.807, 2.05) is 0 Å². The Morgan fingerprint density at radius 3 is 2.45 bits per heavy atom. The van der Waals surface area contributed by atoms with Crippen molar-refractivity contribution in [3.63, 3.8) is 0 Å². The maximum Gasteiger partial charge on any atom is 0.192 e. The van der Waals surface area contributed by atoms with E-state index < -0.39 is 8.32 Å². The lowest BCUT2D eigenvalue weighted by molar-refractivity contribution is 0.254. The smallest absolute Gasteiger partial charge is 0.192 e. The number of rotatable bonds is 4. The third kappa shape index (κ3) is 3.39. The first-order valence-corrected chi connectivity index (χ1v) is 10.4. The first-order valence-electron chi connectivity index (χ1n) is 7.52. The second kappa shape index (κ2) is 5.82. The van der Waals surface area contributed by atoms with Gasteiger partial charge >= 0.3 is 0 Å². The third-order valence-corrected chi connectivity index (χ3v) is 9.27. The lowest BCUT2D eigenvalue weighted by atomic mass is 9.92. The van der Waals surface area contributed by atoms with Crippen LogP contribution in [0.1, 0.15) is 38.7 Å². The van der Waals surface area contributed by atoms with Gasteiger partial charge in [0, 0.05) is 5.92 Å². The second-order valence-electron chi connectivity index (χ2n) is 7.22. The number of hydrogen-bond donors (Lipinski definition) is 0. The van der Waals surface area contributed by atoms with Crippen molar-refractivity contribution in [1.82, 2.24) is 0 Å². The highest BCUT2D eigenvalue weighted by Gasteiger charge is 2.38. The van der Waals surface area contributed by atoms with Gasteiger partial charge in [0.15, 0.2) is 8.32 Å². The zero-order chi connectivity index (χ0) is 14.8. The van der Waals surface area contributed by atoms with E-state index in [1.165, 1.54) is 5.56 Å². The molecule has 20 heavy (non-hydrogen) atoms. The molecule has 0 aliphatic carbocycles. The molecule has 1 heterocycles. The molecule has 0 fully saturated rings. The zero-order valence-electron chi connectivity index (χ0n) is 13.4. The van der Waals surface area contributed by atoms with Gasteiger partial charge in [0.2, 0.25) is 0 Å². The van der Waals surface area contributed by atoms with E-state index in [0.717, 1.165) is 13.0 Å². The van der Waals surface area contributed by atoms with Crippen molar-refractivity contribution < 1.29 is 4.43 Å². The van der Waals surface area contributed by atoms with Crippen LogP contribution in [0.4, 0.5) is 0 Å². The van der Waals surface area contributed by atoms with E-state index in [2.05, 4.69) is 75.4 Å². The standard InChI is InChI=1S/C17H27NOSi/c1-17(2,3)20(4,5)19-13-16-15(11-12-18-16)14-9-7-6-8-10-14/h6-10,12,15-16H,11,13H2,1-5H3/t15-,16-/m1/s1. The van der Waals surface area contributed by atoms with E-state index in [9.17, 15) is 0 Å². The normalized spacial score (nSPS) is 23.2. The Morgan fingerprint density at radius 2 is 1.85 bits per heavy atom. The fraction of sp³-hybridized carbons (Fsp3) is 0.588. The summed E-state index contributed by atoms with van der Waals surface area (Å²) in [7, 11) is -1.68. The molecule has 1 aromatic carbocycles. The van der Waals surface area contributed by atoms with E-state index in [1.54, 1.807) is 0 Å². The minimum atomic E-state index is -1.68. The average molecular weight is 289 g/mol. The minimum Gasteiger partial charge on any atom is -0.415 e. The Hall–Kier alpha value is -0.933. The van der Waals surface area contributed by atoms with E-state index in [4.69, 9.17) is 4.43 Å². The van der Waals surface area contributed by atoms with Gasteiger partial charge in [-0.3, -0.25) is 4.99 Å². The highest BCUT2D eigenvalue weighted by molar-refractivity contribution is 6.74. The molecule has 0 bridgehead atoms. The van der Waals surface area contributed by atoms with Crippen molar-refractivity contribution in [3.8, 4) is 0 Å². The molecule has 0 N–H and O–H groups in total. The van der Waals surface area contributed by atoms with Crippen molar-refractivity contribution in [1.29, 1.82) is 0 Å². The van der Waals surface area contributed by atoms with Crippen LogP contribution in [-0.2, 0) is 4.43 Å². The van der Waals surface area contributed by atoms with E-state index in [-0.39, 0.29) is 11.1 Å². The van der Waals surface area contributed by atoms with Crippen LogP contribution in [0.3, 0.4) is 0 Å². The van der Waals surface area contributed by atoms with Crippen LogP contribution in [0.25, 0.3) is 0 Å². The summed E-state index contributed by atoms with van der Waals surface area (Å²) in [6.45, 7) is 12.2. The maximum absolute atomic E-state index is 6.35. The number of nitrogens with zero attached hydrogens (tertiary/aromatic N) is 1. The van der Waals surface area contributed by atoms with Crippen LogP contribution in [0.15, 0.2) is 35.3 Å². The quantitative estimate of drug-likeness (QED) is 0.740. The molecule has 110 valence electrons. The molecule has 2 nitrogen and oxygen atoms in total. The molecule has 0 aromatic heterocycles. The second-order valence-corrected chi connectivity index (χ2v) is 12.0. The molecule has 1 aliphatic heterocycles. The van der Waals surface area contributed by atoms with Gasteiger partial charge in [0.25, 0.3) is 0 Å². The van der Waals surface area contributed by atoms with Crippen molar-refractivity contribution in [2.75, 3.05) is 6.61 Å². The third-order valence-electron chi connectivity index (χ3n) is 4.77. The first-order chi connectivity index (χ1) is 9.31. The summed E-state index contributed by atoms with van der Waals surface area (Å²) in [6.07, 6.45) is 3.10. The van der Waals surface area contributed by atoms with Gasteiger partial charge < -0.3 is 4.43 Å². The zero-order valence-corrected chi connectivity index (χ0v) is 14.4. The molecular weight excluding hydrogens is 262 g/mol. The lowest BCUT2D eigenvalue weighted by Gasteiger charge is -2.37. The van der Waals surface area contributed by atoms with Gasteiger partial charge in [-0.1, -0.05) is 51.1 Å². The summed E-state index contributed by atoms with van der Waals surface area (Å²) in [5, 5.41) is 0.261. The Kier molecular flexibility index (Phi) is 4.50. The topological polar surface area (TPSA) is 21.6 Å². The maximum atomic E-state index is 6.35. The number of aliphatic imine (C=N–C) groups is 1. The summed E-state index contributed by atoms with van der Waals surface area (Å²) in [5.41, 5.74) is 1.38. The SMILES string of the molecule is CC(C)(C)[Si](C)(C)OC[C@H]1N=CC[C@@H]1c1ccccc1. The van der Waals surface area contributed by atoms with Crippen molar-refractivity contribution in [3.05, 3.63) is 35.9 Å². The van der Waals surface area contributed by atoms with E-state index >= 15 is 0 Å². The van der Waals surface area contributed by atoms with Crippen LogP contribution in [0.5, 0.6) is 0 Å². The predicted octanol–water partition coefficient (Wildman–Crippen LogP) is 4.64. The highest BCUT2D eigenvalue weighted by Crippen LogP contribution is 2.38. The molecule has 2 atom stereocenters. The molecule has 2 rings (SSSR count). The number of benzene rings is 1. The molecule has 0 amide bonds. The monoisotopic (exact) mass is 289 g/mol. The molecule has 0 unspecified atom stereocenters. The molecule has 0 saturated heterocycles. The van der Waals surface area contributed by atoms with Crippen molar-refractivity contribution in [2.24, 2.45) is 4.99 Å². The van der Waals surface area contributed by atoms with Gasteiger partial charge in [-0.15, -0.1) is 0 Å². The molecule has 3 heteroatoms. The molecule has 1 aliphatic rings. The van der Waals surface area contributed by atoms with Crippen LogP contribution in [-0.4, -0.2) is 27.2 Å². The Morgan fingerprint density at radius 1 is 1.20 bits per heavy atom. The summed E-state index contributed by atoms with van der Waals surface area (Å²) >= 11 is 0. The van der Waals surface area contributed by atoms with Gasteiger partial charge in [-0.2, -0.15) is 0 Å². The Balaban J connectivity index is 2.01. The van der Waals surface area contributed by atoms with Crippen molar-refractivity contribution >= 4 is 14.5 Å². The van der Waals surface area contributed by atoms with Crippen LogP contribution < -0.4 is 0 Å².